The molecule has 0 saturated carbocycles. The molecule has 0 radical (unpaired) electrons. The van der Waals surface area contributed by atoms with Crippen LogP contribution in [0.25, 0.3) is 38.6 Å². The largest absolute Gasteiger partial charge is 0.292 e. The Bertz CT molecular complexity index is 1290. The zero-order valence-electron chi connectivity index (χ0n) is 19.2. The summed E-state index contributed by atoms with van der Waals surface area (Å²) in [6.45, 7) is 14.5. The highest BCUT2D eigenvalue weighted by atomic mass is 15.0. The lowest BCUT2D eigenvalue weighted by Gasteiger charge is -2.14. The third-order valence-corrected chi connectivity index (χ3v) is 5.35. The second kappa shape index (κ2) is 9.13. The SMILES string of the molecule is CC.CC.Cc1ccc2c(c1)c1ccccc1c1ncc(-c3c(C)cccc3C)n21. The molecule has 2 nitrogen and oxygen atoms in total. The molecular weight excluding hydrogens is 364 g/mol. The molecule has 0 fully saturated rings. The topological polar surface area (TPSA) is 17.3 Å². The molecule has 0 N–H and O–H groups in total. The summed E-state index contributed by atoms with van der Waals surface area (Å²) in [5.41, 5.74) is 8.50. The van der Waals surface area contributed by atoms with Crippen LogP contribution in [0.1, 0.15) is 44.4 Å². The molecule has 2 aromatic heterocycles. The van der Waals surface area contributed by atoms with Crippen LogP contribution in [0.3, 0.4) is 0 Å². The van der Waals surface area contributed by atoms with Crippen molar-refractivity contribution in [2.24, 2.45) is 0 Å². The number of aromatic nitrogens is 2. The van der Waals surface area contributed by atoms with Gasteiger partial charge in [0.15, 0.2) is 0 Å². The number of imidazole rings is 1. The normalized spacial score (nSPS) is 10.5. The Labute approximate surface area is 180 Å². The van der Waals surface area contributed by atoms with Crippen LogP contribution in [-0.2, 0) is 0 Å². The average molecular weight is 397 g/mol. The first kappa shape index (κ1) is 21.6. The van der Waals surface area contributed by atoms with Crippen molar-refractivity contribution in [1.82, 2.24) is 9.38 Å². The van der Waals surface area contributed by atoms with E-state index in [1.54, 1.807) is 0 Å². The van der Waals surface area contributed by atoms with Crippen molar-refractivity contribution in [2.45, 2.75) is 48.5 Å². The van der Waals surface area contributed by atoms with Gasteiger partial charge in [-0.3, -0.25) is 4.40 Å². The van der Waals surface area contributed by atoms with Gasteiger partial charge in [0.05, 0.1) is 17.4 Å². The van der Waals surface area contributed by atoms with Crippen molar-refractivity contribution in [2.75, 3.05) is 0 Å². The molecule has 2 heterocycles. The molecule has 0 aliphatic rings. The molecule has 30 heavy (non-hydrogen) atoms. The number of pyridine rings is 1. The Morgan fingerprint density at radius 3 is 1.97 bits per heavy atom. The zero-order chi connectivity index (χ0) is 21.8. The molecule has 3 aromatic carbocycles. The average Bonchev–Trinajstić information content (AvgIpc) is 3.22. The van der Waals surface area contributed by atoms with Crippen LogP contribution in [0.2, 0.25) is 0 Å². The second-order valence-corrected chi connectivity index (χ2v) is 7.14. The number of hydrogen-bond acceptors (Lipinski definition) is 1. The molecule has 0 spiro atoms. The first-order valence-corrected chi connectivity index (χ1v) is 11.0. The lowest BCUT2D eigenvalue weighted by molar-refractivity contribution is 1.24. The molecule has 0 aliphatic carbocycles. The van der Waals surface area contributed by atoms with Gasteiger partial charge in [0.1, 0.15) is 5.65 Å². The number of rotatable bonds is 1. The maximum Gasteiger partial charge on any atom is 0.145 e. The Morgan fingerprint density at radius 1 is 0.667 bits per heavy atom. The fraction of sp³-hybridized carbons (Fsp3) is 0.250. The zero-order valence-corrected chi connectivity index (χ0v) is 19.2. The third kappa shape index (κ3) is 3.47. The van der Waals surface area contributed by atoms with E-state index in [0.29, 0.717) is 0 Å². The second-order valence-electron chi connectivity index (χ2n) is 7.14. The van der Waals surface area contributed by atoms with E-state index in [1.165, 1.54) is 43.9 Å². The van der Waals surface area contributed by atoms with Gasteiger partial charge in [-0.1, -0.05) is 81.8 Å². The van der Waals surface area contributed by atoms with Gasteiger partial charge in [0.2, 0.25) is 0 Å². The van der Waals surface area contributed by atoms with Gasteiger partial charge in [0, 0.05) is 16.3 Å². The minimum absolute atomic E-state index is 1.02. The van der Waals surface area contributed by atoms with Crippen molar-refractivity contribution >= 4 is 27.3 Å². The first-order chi connectivity index (χ1) is 14.6. The van der Waals surface area contributed by atoms with Gasteiger partial charge in [0.25, 0.3) is 0 Å². The number of fused-ring (bicyclic) bond motifs is 6. The van der Waals surface area contributed by atoms with Gasteiger partial charge >= 0.3 is 0 Å². The standard InChI is InChI=1S/C24H20N2.2C2H6/c1-15-11-12-21-20(13-15)18-9-4-5-10-19(18)24-25-14-22(26(21)24)23-16(2)7-6-8-17(23)3;2*1-2/h4-14H,1-3H3;2*1-2H3. The Morgan fingerprint density at radius 2 is 1.30 bits per heavy atom. The van der Waals surface area contributed by atoms with E-state index >= 15 is 0 Å². The number of hydrogen-bond donors (Lipinski definition) is 0. The summed E-state index contributed by atoms with van der Waals surface area (Å²) in [7, 11) is 0. The predicted octanol–water partition coefficient (Wildman–Crippen LogP) is 8.29. The van der Waals surface area contributed by atoms with E-state index in [1.807, 2.05) is 33.9 Å². The van der Waals surface area contributed by atoms with Crippen LogP contribution >= 0.6 is 0 Å². The van der Waals surface area contributed by atoms with Gasteiger partial charge in [-0.25, -0.2) is 4.98 Å². The first-order valence-electron chi connectivity index (χ1n) is 11.0. The summed E-state index contributed by atoms with van der Waals surface area (Å²) in [5, 5.41) is 3.74. The van der Waals surface area contributed by atoms with Crippen molar-refractivity contribution in [3.05, 3.63) is 83.6 Å². The van der Waals surface area contributed by atoms with E-state index in [-0.39, 0.29) is 0 Å². The molecule has 5 rings (SSSR count). The summed E-state index contributed by atoms with van der Waals surface area (Å²) in [5.74, 6) is 0. The van der Waals surface area contributed by atoms with Crippen LogP contribution in [0, 0.1) is 20.8 Å². The van der Waals surface area contributed by atoms with Gasteiger partial charge in [-0.15, -0.1) is 0 Å². The minimum atomic E-state index is 1.02. The van der Waals surface area contributed by atoms with E-state index in [9.17, 15) is 0 Å². The van der Waals surface area contributed by atoms with E-state index in [0.717, 1.165) is 11.3 Å². The molecule has 0 aliphatic heterocycles. The summed E-state index contributed by atoms with van der Waals surface area (Å²) in [6.07, 6.45) is 2.02. The van der Waals surface area contributed by atoms with E-state index in [4.69, 9.17) is 4.98 Å². The highest BCUT2D eigenvalue weighted by molar-refractivity contribution is 6.12. The van der Waals surface area contributed by atoms with Crippen LogP contribution in [-0.4, -0.2) is 9.38 Å². The fourth-order valence-electron chi connectivity index (χ4n) is 4.15. The molecule has 5 aromatic rings. The number of benzene rings is 3. The molecule has 154 valence electrons. The van der Waals surface area contributed by atoms with Crippen molar-refractivity contribution in [3.63, 3.8) is 0 Å². The number of aryl methyl sites for hydroxylation is 3. The number of nitrogens with zero attached hydrogens (tertiary/aromatic N) is 2. The van der Waals surface area contributed by atoms with Gasteiger partial charge < -0.3 is 0 Å². The van der Waals surface area contributed by atoms with Gasteiger partial charge in [-0.05, 0) is 49.4 Å². The maximum atomic E-state index is 4.84. The van der Waals surface area contributed by atoms with E-state index < -0.39 is 0 Å². The van der Waals surface area contributed by atoms with Crippen molar-refractivity contribution in [3.8, 4) is 11.3 Å². The Kier molecular flexibility index (Phi) is 6.56. The lowest BCUT2D eigenvalue weighted by Crippen LogP contribution is -1.96. The Balaban J connectivity index is 0.000000606. The molecule has 0 unspecified atom stereocenters. The summed E-state index contributed by atoms with van der Waals surface area (Å²) < 4.78 is 2.33. The summed E-state index contributed by atoms with van der Waals surface area (Å²) >= 11 is 0. The summed E-state index contributed by atoms with van der Waals surface area (Å²) in [4.78, 5) is 4.84. The van der Waals surface area contributed by atoms with Crippen molar-refractivity contribution < 1.29 is 0 Å². The van der Waals surface area contributed by atoms with Gasteiger partial charge in [-0.2, -0.15) is 0 Å². The Hall–Kier alpha value is -3.13. The molecule has 0 atom stereocenters. The fourth-order valence-corrected chi connectivity index (χ4v) is 4.15. The summed E-state index contributed by atoms with van der Waals surface area (Å²) in [6, 6.07) is 21.7. The monoisotopic (exact) mass is 396 g/mol. The van der Waals surface area contributed by atoms with Crippen molar-refractivity contribution in [1.29, 1.82) is 0 Å². The molecular formula is C28H32N2. The highest BCUT2D eigenvalue weighted by Crippen LogP contribution is 2.35. The highest BCUT2D eigenvalue weighted by Gasteiger charge is 2.16. The predicted molar refractivity (Wildman–Crippen MR) is 133 cm³/mol. The van der Waals surface area contributed by atoms with Crippen LogP contribution in [0.4, 0.5) is 0 Å². The van der Waals surface area contributed by atoms with E-state index in [2.05, 4.69) is 85.8 Å². The lowest BCUT2D eigenvalue weighted by atomic mass is 9.99. The molecule has 0 saturated heterocycles. The van der Waals surface area contributed by atoms with Crippen LogP contribution in [0.5, 0.6) is 0 Å². The smallest absolute Gasteiger partial charge is 0.145 e. The van der Waals surface area contributed by atoms with Crippen LogP contribution < -0.4 is 0 Å². The minimum Gasteiger partial charge on any atom is -0.292 e. The molecule has 0 amide bonds. The van der Waals surface area contributed by atoms with Crippen LogP contribution in [0.15, 0.2) is 66.9 Å². The molecule has 0 bridgehead atoms. The maximum absolute atomic E-state index is 4.84. The quantitative estimate of drug-likeness (QED) is 0.260. The molecule has 2 heteroatoms. The third-order valence-electron chi connectivity index (χ3n) is 5.35.